The lowest BCUT2D eigenvalue weighted by molar-refractivity contribution is 0.268. The minimum Gasteiger partial charge on any atom is -0.497 e. The third-order valence-electron chi connectivity index (χ3n) is 4.02. The number of hydrogen-bond donors (Lipinski definition) is 1. The van der Waals surface area contributed by atoms with Crippen LogP contribution in [-0.2, 0) is 0 Å². The number of anilines is 1. The number of furan rings is 1. The Bertz CT molecular complexity index is 877. The normalized spacial score (nSPS) is 12.0. The average molecular weight is 352 g/mol. The lowest BCUT2D eigenvalue weighted by atomic mass is 10.2. The summed E-state index contributed by atoms with van der Waals surface area (Å²) >= 11 is 0. The molecule has 3 aromatic rings. The quantitative estimate of drug-likeness (QED) is 0.696. The van der Waals surface area contributed by atoms with Crippen molar-refractivity contribution < 1.29 is 13.6 Å². The van der Waals surface area contributed by atoms with Gasteiger partial charge in [0.1, 0.15) is 17.6 Å². The Morgan fingerprint density at radius 3 is 2.62 bits per heavy atom. The Labute approximate surface area is 151 Å². The van der Waals surface area contributed by atoms with Crippen molar-refractivity contribution in [3.8, 4) is 23.3 Å². The number of aromatic nitrogens is 1. The van der Waals surface area contributed by atoms with Crippen molar-refractivity contribution in [1.82, 2.24) is 9.88 Å². The molecule has 0 amide bonds. The van der Waals surface area contributed by atoms with E-state index in [1.807, 2.05) is 55.4 Å². The Hall–Kier alpha value is -3.24. The molecule has 26 heavy (non-hydrogen) atoms. The van der Waals surface area contributed by atoms with Crippen LogP contribution in [0, 0.1) is 11.3 Å². The molecule has 0 fully saturated rings. The van der Waals surface area contributed by atoms with E-state index in [-0.39, 0.29) is 11.7 Å². The number of hydrogen-bond acceptors (Lipinski definition) is 7. The fourth-order valence-electron chi connectivity index (χ4n) is 2.58. The van der Waals surface area contributed by atoms with E-state index in [1.165, 1.54) is 0 Å². The largest absolute Gasteiger partial charge is 0.497 e. The SMILES string of the molecule is COc1ccc(-c2nc(C#N)c(NCC(c3ccco3)N(C)C)o2)cc1. The monoisotopic (exact) mass is 352 g/mol. The van der Waals surface area contributed by atoms with Gasteiger partial charge in [-0.05, 0) is 50.5 Å². The molecule has 0 aliphatic rings. The molecule has 0 aliphatic heterocycles. The zero-order valence-electron chi connectivity index (χ0n) is 14.9. The number of rotatable bonds is 7. The summed E-state index contributed by atoms with van der Waals surface area (Å²) in [5.41, 5.74) is 0.985. The minimum atomic E-state index is -0.00826. The molecular formula is C19H20N4O3. The molecule has 7 heteroatoms. The van der Waals surface area contributed by atoms with Gasteiger partial charge < -0.3 is 18.9 Å². The predicted octanol–water partition coefficient (Wildman–Crippen LogP) is 3.53. The summed E-state index contributed by atoms with van der Waals surface area (Å²) in [6, 6.07) is 13.1. The first kappa shape index (κ1) is 17.6. The average Bonchev–Trinajstić information content (AvgIpc) is 3.31. The van der Waals surface area contributed by atoms with Gasteiger partial charge >= 0.3 is 0 Å². The molecule has 1 unspecified atom stereocenters. The molecule has 1 aromatic carbocycles. The lowest BCUT2D eigenvalue weighted by Gasteiger charge is -2.22. The van der Waals surface area contributed by atoms with E-state index in [1.54, 1.807) is 13.4 Å². The van der Waals surface area contributed by atoms with Crippen LogP contribution in [0.2, 0.25) is 0 Å². The van der Waals surface area contributed by atoms with E-state index in [9.17, 15) is 5.26 Å². The molecule has 7 nitrogen and oxygen atoms in total. The van der Waals surface area contributed by atoms with Gasteiger partial charge in [0, 0.05) is 12.1 Å². The summed E-state index contributed by atoms with van der Waals surface area (Å²) in [6.07, 6.45) is 1.64. The molecule has 0 bridgehead atoms. The van der Waals surface area contributed by atoms with Crippen molar-refractivity contribution in [3.05, 3.63) is 54.1 Å². The van der Waals surface area contributed by atoms with Gasteiger partial charge in [0.25, 0.3) is 0 Å². The molecule has 2 heterocycles. The van der Waals surface area contributed by atoms with E-state index < -0.39 is 0 Å². The number of oxazole rings is 1. The highest BCUT2D eigenvalue weighted by Crippen LogP contribution is 2.28. The smallest absolute Gasteiger partial charge is 0.232 e. The number of nitriles is 1. The number of ether oxygens (including phenoxy) is 1. The van der Waals surface area contributed by atoms with E-state index in [4.69, 9.17) is 13.6 Å². The van der Waals surface area contributed by atoms with E-state index in [2.05, 4.69) is 16.4 Å². The van der Waals surface area contributed by atoms with Gasteiger partial charge in [-0.15, -0.1) is 0 Å². The number of likely N-dealkylation sites (N-methyl/N-ethyl adjacent to an activating group) is 1. The Kier molecular flexibility index (Phi) is 5.25. The predicted molar refractivity (Wildman–Crippen MR) is 96.8 cm³/mol. The second-order valence-corrected chi connectivity index (χ2v) is 5.91. The summed E-state index contributed by atoms with van der Waals surface area (Å²) in [5, 5.41) is 12.5. The summed E-state index contributed by atoms with van der Waals surface area (Å²) in [5.74, 6) is 2.30. The third kappa shape index (κ3) is 3.71. The van der Waals surface area contributed by atoms with Crippen molar-refractivity contribution >= 4 is 5.88 Å². The highest BCUT2D eigenvalue weighted by atomic mass is 16.5. The van der Waals surface area contributed by atoms with Crippen LogP contribution in [-0.4, -0.2) is 37.6 Å². The van der Waals surface area contributed by atoms with Gasteiger partial charge in [-0.25, -0.2) is 0 Å². The lowest BCUT2D eigenvalue weighted by Crippen LogP contribution is -2.26. The second kappa shape index (κ2) is 7.76. The zero-order valence-corrected chi connectivity index (χ0v) is 14.9. The zero-order chi connectivity index (χ0) is 18.5. The molecule has 134 valence electrons. The molecule has 1 N–H and O–H groups in total. The van der Waals surface area contributed by atoms with Crippen LogP contribution in [0.3, 0.4) is 0 Å². The fraction of sp³-hybridized carbons (Fsp3) is 0.263. The second-order valence-electron chi connectivity index (χ2n) is 5.91. The third-order valence-corrected chi connectivity index (χ3v) is 4.02. The van der Waals surface area contributed by atoms with E-state index >= 15 is 0 Å². The fourth-order valence-corrected chi connectivity index (χ4v) is 2.58. The van der Waals surface area contributed by atoms with Gasteiger partial charge in [0.05, 0.1) is 19.4 Å². The van der Waals surface area contributed by atoms with E-state index in [0.717, 1.165) is 17.1 Å². The molecule has 3 rings (SSSR count). The van der Waals surface area contributed by atoms with E-state index in [0.29, 0.717) is 18.3 Å². The van der Waals surface area contributed by atoms with Crippen molar-refractivity contribution in [3.63, 3.8) is 0 Å². The Balaban J connectivity index is 1.79. The standard InChI is InChI=1S/C19H20N4O3/c1-23(2)16(17-5-4-10-25-17)12-21-19-15(11-20)22-18(26-19)13-6-8-14(24-3)9-7-13/h4-10,16,21H,12H2,1-3H3. The summed E-state index contributed by atoms with van der Waals surface area (Å²) in [7, 11) is 5.53. The summed E-state index contributed by atoms with van der Waals surface area (Å²) in [4.78, 5) is 6.30. The summed E-state index contributed by atoms with van der Waals surface area (Å²) in [6.45, 7) is 0.506. The van der Waals surface area contributed by atoms with Crippen molar-refractivity contribution in [2.45, 2.75) is 6.04 Å². The molecule has 0 spiro atoms. The topological polar surface area (TPSA) is 87.5 Å². The molecule has 0 saturated carbocycles. The Morgan fingerprint density at radius 1 is 1.27 bits per heavy atom. The first-order valence-electron chi connectivity index (χ1n) is 8.11. The minimum absolute atomic E-state index is 0.00826. The molecule has 0 radical (unpaired) electrons. The number of nitrogens with zero attached hydrogens (tertiary/aromatic N) is 3. The number of benzene rings is 1. The van der Waals surface area contributed by atoms with Crippen LogP contribution in [0.4, 0.5) is 5.88 Å². The Morgan fingerprint density at radius 2 is 2.04 bits per heavy atom. The highest BCUT2D eigenvalue weighted by molar-refractivity contribution is 5.59. The van der Waals surface area contributed by atoms with Crippen molar-refractivity contribution in [2.24, 2.45) is 0 Å². The van der Waals surface area contributed by atoms with Crippen LogP contribution in [0.5, 0.6) is 5.75 Å². The maximum absolute atomic E-state index is 9.36. The van der Waals surface area contributed by atoms with Crippen molar-refractivity contribution in [2.75, 3.05) is 33.1 Å². The van der Waals surface area contributed by atoms with Gasteiger partial charge in [0.15, 0.2) is 0 Å². The van der Waals surface area contributed by atoms with Crippen LogP contribution < -0.4 is 10.1 Å². The molecule has 2 aromatic heterocycles. The van der Waals surface area contributed by atoms with Gasteiger partial charge in [-0.2, -0.15) is 10.2 Å². The maximum atomic E-state index is 9.36. The van der Waals surface area contributed by atoms with Crippen molar-refractivity contribution in [1.29, 1.82) is 5.26 Å². The van der Waals surface area contributed by atoms with Gasteiger partial charge in [-0.1, -0.05) is 0 Å². The number of nitrogens with one attached hydrogen (secondary N) is 1. The highest BCUT2D eigenvalue weighted by Gasteiger charge is 2.20. The van der Waals surface area contributed by atoms with Crippen LogP contribution in [0.15, 0.2) is 51.5 Å². The number of methoxy groups -OCH3 is 1. The van der Waals surface area contributed by atoms with Crippen LogP contribution in [0.25, 0.3) is 11.5 Å². The first-order chi connectivity index (χ1) is 12.6. The van der Waals surface area contributed by atoms with Crippen LogP contribution >= 0.6 is 0 Å². The molecular weight excluding hydrogens is 332 g/mol. The molecule has 0 aliphatic carbocycles. The van der Waals surface area contributed by atoms with Gasteiger partial charge in [0.2, 0.25) is 17.5 Å². The molecule has 0 saturated heterocycles. The molecule has 1 atom stereocenters. The maximum Gasteiger partial charge on any atom is 0.232 e. The van der Waals surface area contributed by atoms with Gasteiger partial charge in [-0.3, -0.25) is 4.90 Å². The first-order valence-corrected chi connectivity index (χ1v) is 8.11. The van der Waals surface area contributed by atoms with Crippen LogP contribution in [0.1, 0.15) is 17.5 Å². The summed E-state index contributed by atoms with van der Waals surface area (Å²) < 4.78 is 16.4.